The summed E-state index contributed by atoms with van der Waals surface area (Å²) in [7, 11) is 3.69. The maximum atomic E-state index is 13.7. The van der Waals surface area contributed by atoms with Crippen molar-refractivity contribution in [2.45, 2.75) is 31.1 Å². The zero-order valence-electron chi connectivity index (χ0n) is 19.0. The van der Waals surface area contributed by atoms with E-state index >= 15 is 0 Å². The third kappa shape index (κ3) is 6.30. The van der Waals surface area contributed by atoms with Crippen LogP contribution >= 0.6 is 32.9 Å². The Morgan fingerprint density at radius 1 is 0.969 bits per heavy atom. The van der Waals surface area contributed by atoms with Crippen LogP contribution in [0.25, 0.3) is 0 Å². The Morgan fingerprint density at radius 2 is 1.47 bits per heavy atom. The van der Waals surface area contributed by atoms with Gasteiger partial charge < -0.3 is 9.80 Å². The summed E-state index contributed by atoms with van der Waals surface area (Å²) in [5, 5.41) is 0.455. The van der Waals surface area contributed by atoms with Crippen LogP contribution in [0.2, 0.25) is 0 Å². The molecule has 4 nitrogen and oxygen atoms in total. The molecule has 3 rings (SSSR count). The van der Waals surface area contributed by atoms with E-state index in [0.29, 0.717) is 23.5 Å². The molecule has 0 unspecified atom stereocenters. The zero-order valence-corrected chi connectivity index (χ0v) is 22.3. The number of nitrogens with zero attached hydrogens (tertiary/aromatic N) is 2. The van der Waals surface area contributed by atoms with E-state index in [4.69, 9.17) is 0 Å². The first kappa shape index (κ1) is 26.7. The maximum Gasteiger partial charge on any atom is 0.237 e. The van der Waals surface area contributed by atoms with E-state index in [2.05, 4.69) is 45.1 Å². The molecule has 0 bridgehead atoms. The van der Waals surface area contributed by atoms with Gasteiger partial charge in [0.1, 0.15) is 11.2 Å². The first-order valence-corrected chi connectivity index (χ1v) is 12.2. The van der Waals surface area contributed by atoms with Crippen molar-refractivity contribution in [1.29, 1.82) is 0 Å². The summed E-state index contributed by atoms with van der Waals surface area (Å²) < 4.78 is 0. The lowest BCUT2D eigenvalue weighted by atomic mass is 9.70. The summed E-state index contributed by atoms with van der Waals surface area (Å²) in [5.41, 5.74) is 1.37. The van der Waals surface area contributed by atoms with Crippen molar-refractivity contribution in [2.24, 2.45) is 5.92 Å². The van der Waals surface area contributed by atoms with Crippen molar-refractivity contribution in [2.75, 3.05) is 39.1 Å². The van der Waals surface area contributed by atoms with Crippen molar-refractivity contribution in [3.8, 4) is 0 Å². The van der Waals surface area contributed by atoms with Gasteiger partial charge in [-0.15, -0.1) is 17.0 Å². The third-order valence-electron chi connectivity index (χ3n) is 6.48. The summed E-state index contributed by atoms with van der Waals surface area (Å²) in [4.78, 5) is 29.7. The van der Waals surface area contributed by atoms with Crippen molar-refractivity contribution in [3.05, 3.63) is 71.8 Å². The van der Waals surface area contributed by atoms with Gasteiger partial charge in [0, 0.05) is 20.5 Å². The predicted octanol–water partition coefficient (Wildman–Crippen LogP) is 5.10. The molecule has 0 spiro atoms. The highest BCUT2D eigenvalue weighted by Gasteiger charge is 2.43. The number of halogens is 2. The van der Waals surface area contributed by atoms with Gasteiger partial charge in [0.25, 0.3) is 0 Å². The Bertz CT molecular complexity index is 811. The molecule has 0 aromatic heterocycles. The monoisotopic (exact) mass is 564 g/mol. The molecule has 0 radical (unpaired) electrons. The fraction of sp³-hybridized carbons (Fsp3) is 0.462. The van der Waals surface area contributed by atoms with E-state index in [-0.39, 0.29) is 22.9 Å². The van der Waals surface area contributed by atoms with Gasteiger partial charge in [-0.05, 0) is 55.9 Å². The quantitative estimate of drug-likeness (QED) is 0.397. The number of hydrogen-bond acceptors (Lipinski definition) is 3. The van der Waals surface area contributed by atoms with Crippen LogP contribution in [0.15, 0.2) is 60.7 Å². The number of likely N-dealkylation sites (tertiary alicyclic amines) is 1. The van der Waals surface area contributed by atoms with Gasteiger partial charge in [-0.1, -0.05) is 76.6 Å². The van der Waals surface area contributed by atoms with Gasteiger partial charge in [0.05, 0.1) is 5.33 Å². The van der Waals surface area contributed by atoms with E-state index in [1.54, 1.807) is 4.90 Å². The second-order valence-corrected chi connectivity index (χ2v) is 9.31. The third-order valence-corrected chi connectivity index (χ3v) is 7.11. The standard InChI is InChI=1S/C26H33BrN2O2.BrH/c1-28(2)25(31)26(22-9-5-3-6-10-22,23-11-7-4-8-12-23)15-18-29-16-13-21(14-17-29)19-24(30)20-27;/h3-12,21H,13-20H2,1-2H3;1H. The predicted molar refractivity (Wildman–Crippen MR) is 140 cm³/mol. The Kier molecular flexibility index (Phi) is 10.6. The summed E-state index contributed by atoms with van der Waals surface area (Å²) in [6.07, 6.45) is 3.49. The van der Waals surface area contributed by atoms with Gasteiger partial charge in [-0.25, -0.2) is 0 Å². The van der Waals surface area contributed by atoms with Crippen molar-refractivity contribution in [1.82, 2.24) is 9.80 Å². The SMILES string of the molecule is Br.CN(C)C(=O)C(CCN1CCC(CC(=O)CBr)CC1)(c1ccccc1)c1ccccc1. The van der Waals surface area contributed by atoms with Gasteiger partial charge in [0.2, 0.25) is 5.91 Å². The lowest BCUT2D eigenvalue weighted by molar-refractivity contribution is -0.133. The van der Waals surface area contributed by atoms with E-state index in [1.165, 1.54) is 0 Å². The van der Waals surface area contributed by atoms with Crippen molar-refractivity contribution < 1.29 is 9.59 Å². The van der Waals surface area contributed by atoms with Gasteiger partial charge in [0.15, 0.2) is 0 Å². The summed E-state index contributed by atoms with van der Waals surface area (Å²) in [6, 6.07) is 20.4. The average molecular weight is 566 g/mol. The van der Waals surface area contributed by atoms with Gasteiger partial charge in [-0.2, -0.15) is 0 Å². The number of amides is 1. The fourth-order valence-electron chi connectivity index (χ4n) is 4.75. The lowest BCUT2D eigenvalue weighted by Crippen LogP contribution is -2.47. The van der Waals surface area contributed by atoms with Crippen molar-refractivity contribution in [3.63, 3.8) is 0 Å². The van der Waals surface area contributed by atoms with Crippen LogP contribution in [0.5, 0.6) is 0 Å². The number of likely N-dealkylation sites (N-methyl/N-ethyl adjacent to an activating group) is 1. The minimum atomic E-state index is -0.713. The Labute approximate surface area is 211 Å². The molecule has 174 valence electrons. The summed E-state index contributed by atoms with van der Waals surface area (Å²) in [6.45, 7) is 2.81. The molecule has 0 N–H and O–H groups in total. The first-order valence-electron chi connectivity index (χ1n) is 11.1. The Morgan fingerprint density at radius 3 is 1.91 bits per heavy atom. The minimum absolute atomic E-state index is 0. The molecule has 0 aliphatic carbocycles. The second-order valence-electron chi connectivity index (χ2n) is 8.75. The topological polar surface area (TPSA) is 40.6 Å². The van der Waals surface area contributed by atoms with Crippen LogP contribution in [0.3, 0.4) is 0 Å². The van der Waals surface area contributed by atoms with E-state index in [1.807, 2.05) is 50.5 Å². The largest absolute Gasteiger partial charge is 0.348 e. The van der Waals surface area contributed by atoms with Crippen LogP contribution in [0.4, 0.5) is 0 Å². The molecule has 32 heavy (non-hydrogen) atoms. The number of Topliss-reactive ketones (excluding diaryl/α,β-unsaturated/α-hetero) is 1. The number of hydrogen-bond donors (Lipinski definition) is 0. The Hall–Kier alpha value is -1.50. The van der Waals surface area contributed by atoms with Crippen molar-refractivity contribution >= 4 is 44.6 Å². The molecule has 1 aliphatic rings. The maximum absolute atomic E-state index is 13.7. The molecular weight excluding hydrogens is 532 g/mol. The van der Waals surface area contributed by atoms with Crippen LogP contribution < -0.4 is 0 Å². The number of rotatable bonds is 9. The molecule has 1 fully saturated rings. The number of piperidine rings is 1. The molecule has 1 saturated heterocycles. The highest BCUT2D eigenvalue weighted by atomic mass is 79.9. The normalized spacial score (nSPS) is 15.1. The average Bonchev–Trinajstić information content (AvgIpc) is 2.81. The molecule has 0 atom stereocenters. The number of carbonyl (C=O) groups excluding carboxylic acids is 2. The molecule has 2 aromatic rings. The minimum Gasteiger partial charge on any atom is -0.348 e. The number of alkyl halides is 1. The molecular formula is C26H34Br2N2O2. The number of ketones is 1. The summed E-state index contributed by atoms with van der Waals surface area (Å²) in [5.74, 6) is 0.891. The summed E-state index contributed by atoms with van der Waals surface area (Å²) >= 11 is 3.27. The smallest absolute Gasteiger partial charge is 0.237 e. The molecule has 6 heteroatoms. The van der Waals surface area contributed by atoms with Gasteiger partial charge in [-0.3, -0.25) is 9.59 Å². The highest BCUT2D eigenvalue weighted by molar-refractivity contribution is 9.09. The van der Waals surface area contributed by atoms with E-state index < -0.39 is 5.41 Å². The van der Waals surface area contributed by atoms with Gasteiger partial charge >= 0.3 is 0 Å². The first-order chi connectivity index (χ1) is 15.0. The lowest BCUT2D eigenvalue weighted by Gasteiger charge is -2.39. The Balaban J connectivity index is 0.00000363. The van der Waals surface area contributed by atoms with Crippen LogP contribution in [-0.2, 0) is 15.0 Å². The zero-order chi connectivity index (χ0) is 22.3. The fourth-order valence-corrected chi connectivity index (χ4v) is 4.98. The van der Waals surface area contributed by atoms with Crippen LogP contribution in [0.1, 0.15) is 36.8 Å². The van der Waals surface area contributed by atoms with Crippen LogP contribution in [0, 0.1) is 5.92 Å². The number of benzene rings is 2. The van der Waals surface area contributed by atoms with E-state index in [0.717, 1.165) is 50.0 Å². The number of carbonyl (C=O) groups is 2. The second kappa shape index (κ2) is 12.7. The van der Waals surface area contributed by atoms with Crippen LogP contribution in [-0.4, -0.2) is 60.5 Å². The van der Waals surface area contributed by atoms with E-state index in [9.17, 15) is 9.59 Å². The molecule has 1 amide bonds. The highest BCUT2D eigenvalue weighted by Crippen LogP contribution is 2.38. The molecule has 2 aromatic carbocycles. The molecule has 1 aliphatic heterocycles. The molecule has 1 heterocycles. The molecule has 0 saturated carbocycles.